The number of rotatable bonds is 6. The van der Waals surface area contributed by atoms with Gasteiger partial charge in [-0.05, 0) is 17.7 Å². The zero-order valence-corrected chi connectivity index (χ0v) is 14.4. The molecule has 0 spiro atoms. The molecule has 0 radical (unpaired) electrons. The van der Waals surface area contributed by atoms with Crippen LogP contribution in [0.2, 0.25) is 0 Å². The zero-order chi connectivity index (χ0) is 19.2. The van der Waals surface area contributed by atoms with E-state index < -0.39 is 18.3 Å². The summed E-state index contributed by atoms with van der Waals surface area (Å²) >= 11 is 0. The molecule has 1 aromatic heterocycles. The Morgan fingerprint density at radius 1 is 1.11 bits per heavy atom. The molecule has 2 aromatic carbocycles. The summed E-state index contributed by atoms with van der Waals surface area (Å²) in [6.45, 7) is -0.109. The van der Waals surface area contributed by atoms with Crippen molar-refractivity contribution >= 4 is 22.8 Å². The normalized spacial score (nSPS) is 13.1. The molecule has 8 nitrogen and oxygen atoms in total. The Morgan fingerprint density at radius 3 is 2.63 bits per heavy atom. The van der Waals surface area contributed by atoms with Crippen molar-refractivity contribution in [2.24, 2.45) is 0 Å². The molecule has 0 aliphatic rings. The van der Waals surface area contributed by atoms with Crippen molar-refractivity contribution in [2.75, 3.05) is 12.3 Å². The van der Waals surface area contributed by atoms with Gasteiger partial charge in [-0.1, -0.05) is 30.3 Å². The van der Waals surface area contributed by atoms with Crippen LogP contribution in [0.4, 0.5) is 10.5 Å². The summed E-state index contributed by atoms with van der Waals surface area (Å²) in [7, 11) is 0. The van der Waals surface area contributed by atoms with Gasteiger partial charge in [0.05, 0.1) is 11.0 Å². The van der Waals surface area contributed by atoms with Crippen LogP contribution >= 0.6 is 0 Å². The van der Waals surface area contributed by atoms with Crippen LogP contribution in [0.15, 0.2) is 54.9 Å². The van der Waals surface area contributed by atoms with Crippen LogP contribution in [0, 0.1) is 0 Å². The number of amides is 1. The van der Waals surface area contributed by atoms with Gasteiger partial charge in [0.15, 0.2) is 0 Å². The minimum absolute atomic E-state index is 0.108. The number of hydrogen-bond donors (Lipinski definition) is 4. The third kappa shape index (κ3) is 4.49. The maximum Gasteiger partial charge on any atom is 0.407 e. The number of aliphatic hydroxyl groups excluding tert-OH is 2. The van der Waals surface area contributed by atoms with Gasteiger partial charge in [0.25, 0.3) is 0 Å². The largest absolute Gasteiger partial charge is 0.445 e. The van der Waals surface area contributed by atoms with Gasteiger partial charge in [-0.2, -0.15) is 0 Å². The molecule has 3 rings (SSSR count). The first-order chi connectivity index (χ1) is 13.1. The topological polar surface area (TPSA) is 131 Å². The molecule has 1 amide bonds. The summed E-state index contributed by atoms with van der Waals surface area (Å²) in [5.74, 6) is 0. The number of carbonyl (C=O) groups excluding carboxylic acids is 1. The van der Waals surface area contributed by atoms with Crippen molar-refractivity contribution < 1.29 is 19.7 Å². The predicted octanol–water partition coefficient (Wildman–Crippen LogP) is 1.53. The van der Waals surface area contributed by atoms with Crippen LogP contribution in [-0.2, 0) is 11.3 Å². The lowest BCUT2D eigenvalue weighted by molar-refractivity contribution is 0.0195. The van der Waals surface area contributed by atoms with Gasteiger partial charge in [0, 0.05) is 30.2 Å². The number of fused-ring (bicyclic) bond motifs is 1. The fourth-order valence-electron chi connectivity index (χ4n) is 2.65. The summed E-state index contributed by atoms with van der Waals surface area (Å²) < 4.78 is 5.07. The minimum Gasteiger partial charge on any atom is -0.445 e. The molecule has 0 fully saturated rings. The lowest BCUT2D eigenvalue weighted by Crippen LogP contribution is -2.36. The molecule has 2 unspecified atom stereocenters. The second-order valence-electron chi connectivity index (χ2n) is 5.95. The Hall–Kier alpha value is -3.23. The van der Waals surface area contributed by atoms with E-state index in [1.54, 1.807) is 12.1 Å². The zero-order valence-electron chi connectivity index (χ0n) is 14.4. The molecule has 0 aliphatic carbocycles. The van der Waals surface area contributed by atoms with Crippen molar-refractivity contribution in [3.05, 3.63) is 66.0 Å². The van der Waals surface area contributed by atoms with E-state index in [9.17, 15) is 15.0 Å². The van der Waals surface area contributed by atoms with Crippen LogP contribution in [0.1, 0.15) is 17.2 Å². The fraction of sp³-hybridized carbons (Fsp3) is 0.211. The van der Waals surface area contributed by atoms with Crippen LogP contribution in [0.25, 0.3) is 11.0 Å². The molecule has 5 N–H and O–H groups in total. The van der Waals surface area contributed by atoms with E-state index in [2.05, 4.69) is 15.3 Å². The second kappa shape index (κ2) is 8.43. The first-order valence-corrected chi connectivity index (χ1v) is 8.36. The molecule has 0 aliphatic heterocycles. The highest BCUT2D eigenvalue weighted by atomic mass is 16.5. The van der Waals surface area contributed by atoms with E-state index in [1.165, 1.54) is 12.4 Å². The number of nitrogens with two attached hydrogens (primary N) is 1. The molecule has 2 atom stereocenters. The lowest BCUT2D eigenvalue weighted by atomic mass is 10.0. The third-order valence-corrected chi connectivity index (χ3v) is 4.04. The summed E-state index contributed by atoms with van der Waals surface area (Å²) in [5, 5.41) is 23.2. The number of nitrogens with zero attached hydrogens (tertiary/aromatic N) is 2. The number of hydrogen-bond acceptors (Lipinski definition) is 7. The molecule has 3 aromatic rings. The molecule has 140 valence electrons. The van der Waals surface area contributed by atoms with E-state index in [1.807, 2.05) is 30.3 Å². The monoisotopic (exact) mass is 368 g/mol. The number of aromatic nitrogens is 2. The highest BCUT2D eigenvalue weighted by Crippen LogP contribution is 2.29. The average molecular weight is 368 g/mol. The van der Waals surface area contributed by atoms with Crippen molar-refractivity contribution in [2.45, 2.75) is 18.8 Å². The fourth-order valence-corrected chi connectivity index (χ4v) is 2.65. The van der Waals surface area contributed by atoms with Gasteiger partial charge in [-0.3, -0.25) is 9.97 Å². The molecule has 0 saturated carbocycles. The Balaban J connectivity index is 1.60. The smallest absolute Gasteiger partial charge is 0.407 e. The standard InChI is InChI=1S/C19H20N4O4/c20-13-6-7-14-17(22-9-8-21-14)16(13)18(25)15(24)10-23-19(26)27-11-12-4-2-1-3-5-12/h1-9,15,18,24-25H,10-11,20H2,(H,23,26). The number of nitrogen functional groups attached to an aromatic ring is 1. The van der Waals surface area contributed by atoms with Crippen molar-refractivity contribution in [1.82, 2.24) is 15.3 Å². The van der Waals surface area contributed by atoms with Crippen LogP contribution in [0.3, 0.4) is 0 Å². The molecular weight excluding hydrogens is 348 g/mol. The Morgan fingerprint density at radius 2 is 1.85 bits per heavy atom. The van der Waals surface area contributed by atoms with Crippen molar-refractivity contribution in [3.63, 3.8) is 0 Å². The number of alkyl carbamates (subject to hydrolysis) is 1. The van der Waals surface area contributed by atoms with Crippen LogP contribution < -0.4 is 11.1 Å². The van der Waals surface area contributed by atoms with Crippen LogP contribution in [-0.4, -0.2) is 38.9 Å². The molecule has 1 heterocycles. The van der Waals surface area contributed by atoms with Gasteiger partial charge in [0.2, 0.25) is 0 Å². The van der Waals surface area contributed by atoms with E-state index in [-0.39, 0.29) is 24.4 Å². The molecule has 0 saturated heterocycles. The maximum absolute atomic E-state index is 11.8. The Bertz CT molecular complexity index is 920. The average Bonchev–Trinajstić information content (AvgIpc) is 2.70. The first kappa shape index (κ1) is 18.6. The SMILES string of the molecule is Nc1ccc2nccnc2c1C(O)C(O)CNC(=O)OCc1ccccc1. The van der Waals surface area contributed by atoms with Gasteiger partial charge in [0.1, 0.15) is 18.8 Å². The van der Waals surface area contributed by atoms with Gasteiger partial charge in [-0.25, -0.2) is 4.79 Å². The number of ether oxygens (including phenoxy) is 1. The third-order valence-electron chi connectivity index (χ3n) is 4.04. The number of nitrogens with one attached hydrogen (secondary N) is 1. The number of benzene rings is 2. The highest BCUT2D eigenvalue weighted by molar-refractivity contribution is 5.83. The van der Waals surface area contributed by atoms with E-state index in [4.69, 9.17) is 10.5 Å². The maximum atomic E-state index is 11.8. The highest BCUT2D eigenvalue weighted by Gasteiger charge is 2.24. The Kier molecular flexibility index (Phi) is 5.80. The Labute approximate surface area is 155 Å². The van der Waals surface area contributed by atoms with E-state index in [0.717, 1.165) is 5.56 Å². The van der Waals surface area contributed by atoms with E-state index in [0.29, 0.717) is 11.0 Å². The summed E-state index contributed by atoms with van der Waals surface area (Å²) in [5.41, 5.74) is 8.28. The predicted molar refractivity (Wildman–Crippen MR) is 99.5 cm³/mol. The van der Waals surface area contributed by atoms with Crippen LogP contribution in [0.5, 0.6) is 0 Å². The van der Waals surface area contributed by atoms with Gasteiger partial charge < -0.3 is 26.0 Å². The molecule has 27 heavy (non-hydrogen) atoms. The molecule has 8 heteroatoms. The summed E-state index contributed by atoms with van der Waals surface area (Å²) in [4.78, 5) is 20.1. The number of carbonyl (C=O) groups is 1. The second-order valence-corrected chi connectivity index (χ2v) is 5.95. The van der Waals surface area contributed by atoms with Gasteiger partial charge in [-0.15, -0.1) is 0 Å². The quantitative estimate of drug-likeness (QED) is 0.485. The number of anilines is 1. The van der Waals surface area contributed by atoms with Crippen molar-refractivity contribution in [1.29, 1.82) is 0 Å². The van der Waals surface area contributed by atoms with E-state index >= 15 is 0 Å². The minimum atomic E-state index is -1.35. The summed E-state index contributed by atoms with van der Waals surface area (Å²) in [6, 6.07) is 12.5. The first-order valence-electron chi connectivity index (χ1n) is 8.36. The number of aliphatic hydroxyl groups is 2. The lowest BCUT2D eigenvalue weighted by Gasteiger charge is -2.21. The molecule has 0 bridgehead atoms. The molecular formula is C19H20N4O4. The van der Waals surface area contributed by atoms with Crippen molar-refractivity contribution in [3.8, 4) is 0 Å². The summed E-state index contributed by atoms with van der Waals surface area (Å²) in [6.07, 6.45) is -0.348. The van der Waals surface area contributed by atoms with Gasteiger partial charge >= 0.3 is 6.09 Å².